The first-order chi connectivity index (χ1) is 12.2. The lowest BCUT2D eigenvalue weighted by Gasteiger charge is -2.35. The first-order valence-electron chi connectivity index (χ1n) is 7.64. The average molecular weight is 376 g/mol. The number of nitro groups is 1. The topological polar surface area (TPSA) is 103 Å². The number of carbonyl (C=O) groups is 2. The highest BCUT2D eigenvalue weighted by Gasteiger charge is 2.45. The standard InChI is InChI=1S/C17H14ClN3O5/c1-17(2)16(23)20(9-12(22)10-3-5-11(18)6-4-10)15-13(26-17)7-8-14(19-15)21(24)25/h3-8H,9H2,1-2H3. The lowest BCUT2D eigenvalue weighted by Crippen LogP contribution is -2.54. The molecule has 134 valence electrons. The summed E-state index contributed by atoms with van der Waals surface area (Å²) in [6.45, 7) is 2.79. The van der Waals surface area contributed by atoms with Crippen LogP contribution in [-0.4, -0.2) is 33.7 Å². The molecule has 1 aromatic heterocycles. The summed E-state index contributed by atoms with van der Waals surface area (Å²) in [7, 11) is 0. The van der Waals surface area contributed by atoms with E-state index in [1.54, 1.807) is 38.1 Å². The third kappa shape index (κ3) is 3.23. The molecule has 0 atom stereocenters. The Bertz CT molecular complexity index is 911. The van der Waals surface area contributed by atoms with Crippen LogP contribution in [0.4, 0.5) is 11.6 Å². The smallest absolute Gasteiger partial charge is 0.366 e. The Hall–Kier alpha value is -3.00. The summed E-state index contributed by atoms with van der Waals surface area (Å²) in [5, 5.41) is 11.5. The third-order valence-electron chi connectivity index (χ3n) is 3.86. The molecule has 0 unspecified atom stereocenters. The molecule has 1 aliphatic rings. The van der Waals surface area contributed by atoms with Gasteiger partial charge in [0.25, 0.3) is 11.7 Å². The Labute approximate surface area is 153 Å². The summed E-state index contributed by atoms with van der Waals surface area (Å²) in [6.07, 6.45) is 0. The van der Waals surface area contributed by atoms with Crippen LogP contribution in [0, 0.1) is 10.1 Å². The van der Waals surface area contributed by atoms with E-state index in [2.05, 4.69) is 4.98 Å². The zero-order chi connectivity index (χ0) is 19.1. The van der Waals surface area contributed by atoms with Crippen LogP contribution in [0.25, 0.3) is 0 Å². The zero-order valence-corrected chi connectivity index (χ0v) is 14.7. The number of benzene rings is 1. The number of ketones is 1. The van der Waals surface area contributed by atoms with Crippen molar-refractivity contribution in [3.63, 3.8) is 0 Å². The number of rotatable bonds is 4. The molecule has 0 radical (unpaired) electrons. The summed E-state index contributed by atoms with van der Waals surface area (Å²) >= 11 is 5.82. The van der Waals surface area contributed by atoms with E-state index in [1.807, 2.05) is 0 Å². The van der Waals surface area contributed by atoms with Crippen LogP contribution in [0.2, 0.25) is 5.02 Å². The van der Waals surface area contributed by atoms with Gasteiger partial charge in [-0.05, 0) is 54.1 Å². The third-order valence-corrected chi connectivity index (χ3v) is 4.11. The highest BCUT2D eigenvalue weighted by atomic mass is 35.5. The van der Waals surface area contributed by atoms with E-state index in [0.717, 1.165) is 4.90 Å². The van der Waals surface area contributed by atoms with Gasteiger partial charge in [0.1, 0.15) is 0 Å². The van der Waals surface area contributed by atoms with Gasteiger partial charge < -0.3 is 14.9 Å². The Morgan fingerprint density at radius 2 is 1.92 bits per heavy atom. The molecule has 1 aromatic carbocycles. The number of nitrogens with zero attached hydrogens (tertiary/aromatic N) is 3. The van der Waals surface area contributed by atoms with Crippen molar-refractivity contribution in [1.82, 2.24) is 4.98 Å². The molecule has 1 aliphatic heterocycles. The molecule has 0 aliphatic carbocycles. The molecule has 0 bridgehead atoms. The number of anilines is 1. The van der Waals surface area contributed by atoms with Gasteiger partial charge in [-0.15, -0.1) is 0 Å². The maximum Gasteiger partial charge on any atom is 0.366 e. The maximum absolute atomic E-state index is 12.7. The molecular formula is C17H14ClN3O5. The second-order valence-corrected chi connectivity index (χ2v) is 6.62. The van der Waals surface area contributed by atoms with E-state index in [4.69, 9.17) is 16.3 Å². The number of aromatic nitrogens is 1. The van der Waals surface area contributed by atoms with Crippen molar-refractivity contribution in [3.8, 4) is 5.75 Å². The minimum Gasteiger partial charge on any atom is -0.472 e. The van der Waals surface area contributed by atoms with Crippen LogP contribution < -0.4 is 9.64 Å². The SMILES string of the molecule is CC1(C)Oc2ccc([N+](=O)[O-])nc2N(CC(=O)c2ccc(Cl)cc2)C1=O. The highest BCUT2D eigenvalue weighted by molar-refractivity contribution is 6.30. The van der Waals surface area contributed by atoms with Gasteiger partial charge in [0, 0.05) is 16.7 Å². The van der Waals surface area contributed by atoms with Crippen molar-refractivity contribution in [2.75, 3.05) is 11.4 Å². The van der Waals surface area contributed by atoms with Crippen LogP contribution in [-0.2, 0) is 4.79 Å². The number of amides is 1. The van der Waals surface area contributed by atoms with Gasteiger partial charge in [-0.3, -0.25) is 14.5 Å². The molecule has 26 heavy (non-hydrogen) atoms. The van der Waals surface area contributed by atoms with E-state index in [-0.39, 0.29) is 23.9 Å². The quantitative estimate of drug-likeness (QED) is 0.462. The second-order valence-electron chi connectivity index (χ2n) is 6.18. The largest absolute Gasteiger partial charge is 0.472 e. The number of Topliss-reactive ketones (excluding diaryl/α,β-unsaturated/α-hetero) is 1. The van der Waals surface area contributed by atoms with Crippen molar-refractivity contribution < 1.29 is 19.2 Å². The molecule has 2 aromatic rings. The number of hydrogen-bond acceptors (Lipinski definition) is 6. The first kappa shape index (κ1) is 17.8. The predicted octanol–water partition coefficient (Wildman–Crippen LogP) is 3.03. The van der Waals surface area contributed by atoms with Gasteiger partial charge in [-0.25, -0.2) is 0 Å². The molecule has 9 heteroatoms. The predicted molar refractivity (Wildman–Crippen MR) is 93.7 cm³/mol. The minimum absolute atomic E-state index is 0.0501. The van der Waals surface area contributed by atoms with Gasteiger partial charge in [0.2, 0.25) is 0 Å². The normalized spacial score (nSPS) is 15.2. The summed E-state index contributed by atoms with van der Waals surface area (Å²) in [5.74, 6) is -1.16. The number of ether oxygens (including phenoxy) is 1. The number of hydrogen-bond donors (Lipinski definition) is 0. The molecule has 0 fully saturated rings. The number of fused-ring (bicyclic) bond motifs is 1. The fraction of sp³-hybridized carbons (Fsp3) is 0.235. The van der Waals surface area contributed by atoms with Crippen molar-refractivity contribution >= 4 is 34.9 Å². The Morgan fingerprint density at radius 1 is 1.27 bits per heavy atom. The van der Waals surface area contributed by atoms with E-state index >= 15 is 0 Å². The van der Waals surface area contributed by atoms with E-state index in [1.165, 1.54) is 12.1 Å². The van der Waals surface area contributed by atoms with Crippen molar-refractivity contribution in [2.45, 2.75) is 19.4 Å². The molecule has 0 saturated heterocycles. The van der Waals surface area contributed by atoms with Crippen LogP contribution >= 0.6 is 11.6 Å². The molecule has 0 spiro atoms. The average Bonchev–Trinajstić information content (AvgIpc) is 2.58. The molecule has 8 nitrogen and oxygen atoms in total. The molecule has 1 amide bonds. The lowest BCUT2D eigenvalue weighted by atomic mass is 10.0. The Balaban J connectivity index is 2.00. The van der Waals surface area contributed by atoms with Crippen LogP contribution in [0.5, 0.6) is 5.75 Å². The van der Waals surface area contributed by atoms with Crippen molar-refractivity contribution in [3.05, 3.63) is 57.1 Å². The Kier molecular flexibility index (Phi) is 4.37. The highest BCUT2D eigenvalue weighted by Crippen LogP contribution is 2.37. The monoisotopic (exact) mass is 375 g/mol. The van der Waals surface area contributed by atoms with E-state index < -0.39 is 22.2 Å². The number of carbonyl (C=O) groups excluding carboxylic acids is 2. The van der Waals surface area contributed by atoms with Gasteiger partial charge in [-0.1, -0.05) is 11.6 Å². The van der Waals surface area contributed by atoms with E-state index in [0.29, 0.717) is 10.6 Å². The van der Waals surface area contributed by atoms with Gasteiger partial charge >= 0.3 is 5.82 Å². The number of halogens is 1. The lowest BCUT2D eigenvalue weighted by molar-refractivity contribution is -0.389. The van der Waals surface area contributed by atoms with E-state index in [9.17, 15) is 19.7 Å². The first-order valence-corrected chi connectivity index (χ1v) is 8.02. The van der Waals surface area contributed by atoms with Gasteiger partial charge in [-0.2, -0.15) is 0 Å². The maximum atomic E-state index is 12.7. The summed E-state index contributed by atoms with van der Waals surface area (Å²) < 4.78 is 5.59. The second kappa shape index (κ2) is 6.38. The van der Waals surface area contributed by atoms with Gasteiger partial charge in [0.15, 0.2) is 17.1 Å². The van der Waals surface area contributed by atoms with Gasteiger partial charge in [0.05, 0.1) is 6.54 Å². The summed E-state index contributed by atoms with van der Waals surface area (Å²) in [6, 6.07) is 8.77. The molecular weight excluding hydrogens is 362 g/mol. The zero-order valence-electron chi connectivity index (χ0n) is 13.9. The van der Waals surface area contributed by atoms with Crippen LogP contribution in [0.15, 0.2) is 36.4 Å². The fourth-order valence-electron chi connectivity index (χ4n) is 2.56. The molecule has 0 N–H and O–H groups in total. The Morgan fingerprint density at radius 3 is 2.54 bits per heavy atom. The molecule has 2 heterocycles. The van der Waals surface area contributed by atoms with Crippen LogP contribution in [0.1, 0.15) is 24.2 Å². The van der Waals surface area contributed by atoms with Crippen molar-refractivity contribution in [2.24, 2.45) is 0 Å². The van der Waals surface area contributed by atoms with Crippen LogP contribution in [0.3, 0.4) is 0 Å². The molecule has 0 saturated carbocycles. The van der Waals surface area contributed by atoms with Crippen molar-refractivity contribution in [1.29, 1.82) is 0 Å². The summed E-state index contributed by atoms with van der Waals surface area (Å²) in [5.41, 5.74) is -0.871. The fourth-order valence-corrected chi connectivity index (χ4v) is 2.68. The minimum atomic E-state index is -1.23. The molecule has 3 rings (SSSR count). The number of pyridine rings is 1. The summed E-state index contributed by atoms with van der Waals surface area (Å²) in [4.78, 5) is 40.6.